The summed E-state index contributed by atoms with van der Waals surface area (Å²) in [4.78, 5) is 16.5. The molecule has 0 bridgehead atoms. The molecule has 1 amide bonds. The smallest absolute Gasteiger partial charge is 0.344 e. The molecule has 0 aromatic heterocycles. The Morgan fingerprint density at radius 2 is 2.60 bits per heavy atom. The van der Waals surface area contributed by atoms with E-state index in [1.807, 2.05) is 6.92 Å². The van der Waals surface area contributed by atoms with Gasteiger partial charge in [0.1, 0.15) is 0 Å². The number of amides is 1. The number of nitrogens with zero attached hydrogens (tertiary/aromatic N) is 2. The maximum atomic E-state index is 11.0. The minimum atomic E-state index is 0.119. The first-order valence-electron chi connectivity index (χ1n) is 3.30. The molecule has 3 nitrogen and oxygen atoms in total. The van der Waals surface area contributed by atoms with Crippen molar-refractivity contribution in [3.63, 3.8) is 0 Å². The van der Waals surface area contributed by atoms with Crippen LogP contribution in [0.3, 0.4) is 0 Å². The van der Waals surface area contributed by atoms with E-state index < -0.39 is 0 Å². The van der Waals surface area contributed by atoms with E-state index in [0.29, 0.717) is 14.0 Å². The Labute approximate surface area is 60.7 Å². The van der Waals surface area contributed by atoms with E-state index in [2.05, 4.69) is 4.90 Å². The first-order chi connectivity index (χ1) is 4.84. The third-order valence-corrected chi connectivity index (χ3v) is 1.31. The summed E-state index contributed by atoms with van der Waals surface area (Å²) < 4.78 is 0. The average Bonchev–Trinajstić information content (AvgIpc) is 2.05. The van der Waals surface area contributed by atoms with Gasteiger partial charge in [0, 0.05) is 12.6 Å². The van der Waals surface area contributed by atoms with Crippen molar-refractivity contribution in [2.75, 3.05) is 0 Å². The number of carbonyl (C=O) groups is 1. The topological polar surface area (TPSA) is 32.7 Å². The van der Waals surface area contributed by atoms with E-state index in [4.69, 9.17) is 0 Å². The quantitative estimate of drug-likeness (QED) is 0.470. The summed E-state index contributed by atoms with van der Waals surface area (Å²) in [6, 6.07) is 0. The van der Waals surface area contributed by atoms with E-state index in [0.717, 1.165) is 0 Å². The van der Waals surface area contributed by atoms with Gasteiger partial charge in [0.15, 0.2) is 0 Å². The summed E-state index contributed by atoms with van der Waals surface area (Å²) in [5.41, 5.74) is 0. The Bertz CT molecular complexity index is 188. The van der Waals surface area contributed by atoms with Crippen molar-refractivity contribution >= 4 is 19.7 Å². The Morgan fingerprint density at radius 1 is 1.80 bits per heavy atom. The second-order valence-electron chi connectivity index (χ2n) is 2.03. The number of allylic oxidation sites excluding steroid dienone is 1. The summed E-state index contributed by atoms with van der Waals surface area (Å²) in [5.74, 6) is 0.119. The van der Waals surface area contributed by atoms with Crippen LogP contribution in [-0.4, -0.2) is 24.5 Å². The third kappa shape index (κ3) is 1.46. The summed E-state index contributed by atoms with van der Waals surface area (Å²) in [5, 5.41) is 0. The molecule has 4 heteroatoms. The molecule has 0 atom stereocenters. The Morgan fingerprint density at radius 3 is 3.10 bits per heavy atom. The van der Waals surface area contributed by atoms with Crippen molar-refractivity contribution in [1.29, 1.82) is 0 Å². The zero-order valence-corrected chi connectivity index (χ0v) is 5.95. The van der Waals surface area contributed by atoms with Gasteiger partial charge in [-0.05, 0) is 12.3 Å². The molecule has 0 N–H and O–H groups in total. The predicted octanol–water partition coefficient (Wildman–Crippen LogP) is 0.0896. The fourth-order valence-electron chi connectivity index (χ4n) is 0.751. The number of hydrogen-bond acceptors (Lipinski definition) is 2. The van der Waals surface area contributed by atoms with Crippen LogP contribution in [0.5, 0.6) is 0 Å². The molecule has 0 radical (unpaired) electrons. The molecule has 0 fully saturated rings. The lowest BCUT2D eigenvalue weighted by Crippen LogP contribution is -2.29. The first-order valence-corrected chi connectivity index (χ1v) is 3.30. The molecular weight excluding hydrogens is 127 g/mol. The molecule has 10 heavy (non-hydrogen) atoms. The van der Waals surface area contributed by atoms with E-state index in [1.54, 1.807) is 23.3 Å². The van der Waals surface area contributed by atoms with E-state index in [-0.39, 0.29) is 5.91 Å². The van der Waals surface area contributed by atoms with E-state index in [1.165, 1.54) is 0 Å². The number of rotatable bonds is 1. The largest absolute Gasteiger partial charge is 0.382 e. The van der Waals surface area contributed by atoms with Crippen molar-refractivity contribution in [2.45, 2.75) is 13.3 Å². The summed E-state index contributed by atoms with van der Waals surface area (Å²) in [6.45, 7) is 1.84. The lowest BCUT2D eigenvalue weighted by Gasteiger charge is -2.15. The maximum Gasteiger partial charge on any atom is 0.382 e. The van der Waals surface area contributed by atoms with Crippen LogP contribution >= 0.6 is 0 Å². The molecule has 1 aliphatic rings. The zero-order chi connectivity index (χ0) is 7.40. The van der Waals surface area contributed by atoms with Crippen LogP contribution in [0.2, 0.25) is 0 Å². The van der Waals surface area contributed by atoms with Gasteiger partial charge < -0.3 is 9.71 Å². The second kappa shape index (κ2) is 3.20. The fourth-order valence-corrected chi connectivity index (χ4v) is 0.751. The molecular formula is C6H9BN2O. The Hall–Kier alpha value is -1.06. The van der Waals surface area contributed by atoms with Gasteiger partial charge in [-0.15, -0.1) is 0 Å². The molecule has 52 valence electrons. The van der Waals surface area contributed by atoms with Crippen molar-refractivity contribution in [3.8, 4) is 0 Å². The van der Waals surface area contributed by atoms with Gasteiger partial charge in [-0.1, -0.05) is 6.92 Å². The molecule has 0 saturated carbocycles. The highest BCUT2D eigenvalue weighted by Gasteiger charge is 2.09. The summed E-state index contributed by atoms with van der Waals surface area (Å²) in [7, 11) is 0.475. The first kappa shape index (κ1) is 7.06. The molecule has 1 aliphatic heterocycles. The summed E-state index contributed by atoms with van der Waals surface area (Å²) >= 11 is 0. The minimum absolute atomic E-state index is 0.119. The van der Waals surface area contributed by atoms with Crippen LogP contribution in [0.25, 0.3) is 0 Å². The van der Waals surface area contributed by atoms with Crippen LogP contribution in [0.4, 0.5) is 0 Å². The third-order valence-electron chi connectivity index (χ3n) is 1.31. The monoisotopic (exact) mass is 136 g/mol. The molecule has 0 aromatic carbocycles. The van der Waals surface area contributed by atoms with Crippen LogP contribution in [0.15, 0.2) is 17.2 Å². The second-order valence-corrected chi connectivity index (χ2v) is 2.03. The van der Waals surface area contributed by atoms with Gasteiger partial charge in [0.05, 0.1) is 0 Å². The van der Waals surface area contributed by atoms with Gasteiger partial charge in [-0.25, -0.2) is 0 Å². The van der Waals surface area contributed by atoms with E-state index >= 15 is 0 Å². The van der Waals surface area contributed by atoms with Crippen LogP contribution in [0.1, 0.15) is 13.3 Å². The number of carbonyl (C=O) groups excluding carboxylic acids is 1. The minimum Gasteiger partial charge on any atom is -0.344 e. The average molecular weight is 136 g/mol. The van der Waals surface area contributed by atoms with Crippen molar-refractivity contribution < 1.29 is 4.79 Å². The number of hydrogen-bond donors (Lipinski definition) is 0. The van der Waals surface area contributed by atoms with Crippen LogP contribution in [-0.2, 0) is 4.79 Å². The Balaban J connectivity index is 2.51. The molecule has 0 spiro atoms. The SMILES string of the molecule is CCC(=O)N1BN=CC=C1. The lowest BCUT2D eigenvalue weighted by molar-refractivity contribution is -0.124. The highest BCUT2D eigenvalue weighted by atomic mass is 16.2. The molecule has 0 aliphatic carbocycles. The van der Waals surface area contributed by atoms with Crippen molar-refractivity contribution in [2.24, 2.45) is 4.90 Å². The molecule has 1 heterocycles. The van der Waals surface area contributed by atoms with Crippen molar-refractivity contribution in [3.05, 3.63) is 12.3 Å². The molecule has 1 rings (SSSR count). The van der Waals surface area contributed by atoms with Crippen LogP contribution < -0.4 is 0 Å². The standard InChI is InChI=1S/C6H9BN2O/c1-2-6(10)9-5-3-4-8-7-9/h3-5,7H,2H2,1H3. The van der Waals surface area contributed by atoms with E-state index in [9.17, 15) is 4.79 Å². The van der Waals surface area contributed by atoms with Gasteiger partial charge in [0.25, 0.3) is 0 Å². The molecule has 0 saturated heterocycles. The molecule has 0 aromatic rings. The zero-order valence-electron chi connectivity index (χ0n) is 5.95. The maximum absolute atomic E-state index is 11.0. The van der Waals surface area contributed by atoms with Crippen LogP contribution in [0, 0.1) is 0 Å². The van der Waals surface area contributed by atoms with Crippen molar-refractivity contribution in [1.82, 2.24) is 4.81 Å². The fraction of sp³-hybridized carbons (Fsp3) is 0.333. The normalized spacial score (nSPS) is 15.1. The lowest BCUT2D eigenvalue weighted by atomic mass is 10.1. The predicted molar refractivity (Wildman–Crippen MR) is 41.9 cm³/mol. The van der Waals surface area contributed by atoms with Gasteiger partial charge in [0.2, 0.25) is 5.91 Å². The highest BCUT2D eigenvalue weighted by molar-refractivity contribution is 6.38. The van der Waals surface area contributed by atoms with Gasteiger partial charge in [-0.3, -0.25) is 4.79 Å². The van der Waals surface area contributed by atoms with Gasteiger partial charge >= 0.3 is 7.55 Å². The summed E-state index contributed by atoms with van der Waals surface area (Å²) in [6.07, 6.45) is 5.75. The van der Waals surface area contributed by atoms with Gasteiger partial charge in [-0.2, -0.15) is 0 Å². The highest BCUT2D eigenvalue weighted by Crippen LogP contribution is 1.95. The Kier molecular flexibility index (Phi) is 2.26. The molecule has 0 unspecified atom stereocenters.